The molecular formula is C19H29ClF3N3O6S2. The number of unbranched alkanes of at least 4 members (excludes halogenated alkanes) is 2. The zero-order valence-corrected chi connectivity index (χ0v) is 21.0. The third-order valence-electron chi connectivity index (χ3n) is 4.77. The molecule has 0 amide bonds. The SMILES string of the molecule is CCCCCN(CCS(=O)(=O)N1CCNCC1)S(=O)(=O)c1ccc(Cl)cc1.O=C(O)C(F)(F)F. The van der Waals surface area contributed by atoms with Gasteiger partial charge in [0, 0.05) is 44.3 Å². The van der Waals surface area contributed by atoms with Gasteiger partial charge in [0.15, 0.2) is 0 Å². The van der Waals surface area contributed by atoms with Gasteiger partial charge in [0.05, 0.1) is 10.6 Å². The summed E-state index contributed by atoms with van der Waals surface area (Å²) in [6.45, 7) is 4.35. The van der Waals surface area contributed by atoms with E-state index < -0.39 is 32.2 Å². The van der Waals surface area contributed by atoms with E-state index in [0.717, 1.165) is 12.8 Å². The highest BCUT2D eigenvalue weighted by molar-refractivity contribution is 7.90. The minimum Gasteiger partial charge on any atom is -0.475 e. The summed E-state index contributed by atoms with van der Waals surface area (Å²) < 4.78 is 85.6. The quantitative estimate of drug-likeness (QED) is 0.428. The van der Waals surface area contributed by atoms with Crippen LogP contribution in [0.4, 0.5) is 13.2 Å². The van der Waals surface area contributed by atoms with E-state index in [0.29, 0.717) is 44.2 Å². The first kappa shape index (κ1) is 30.6. The van der Waals surface area contributed by atoms with Crippen LogP contribution in [0.5, 0.6) is 0 Å². The Morgan fingerprint density at radius 1 is 1.09 bits per heavy atom. The van der Waals surface area contributed by atoms with E-state index in [2.05, 4.69) is 5.32 Å². The molecule has 1 aliphatic heterocycles. The fourth-order valence-electron chi connectivity index (χ4n) is 2.91. The van der Waals surface area contributed by atoms with Gasteiger partial charge in [0.1, 0.15) is 0 Å². The van der Waals surface area contributed by atoms with Crippen molar-refractivity contribution in [1.29, 1.82) is 0 Å². The zero-order chi connectivity index (χ0) is 26.0. The molecule has 196 valence electrons. The predicted molar refractivity (Wildman–Crippen MR) is 122 cm³/mol. The third-order valence-corrected chi connectivity index (χ3v) is 8.79. The number of sulfonamides is 2. The van der Waals surface area contributed by atoms with Crippen molar-refractivity contribution >= 4 is 37.6 Å². The van der Waals surface area contributed by atoms with Gasteiger partial charge in [0.25, 0.3) is 0 Å². The number of carboxylic acid groups (broad SMARTS) is 1. The lowest BCUT2D eigenvalue weighted by molar-refractivity contribution is -0.192. The van der Waals surface area contributed by atoms with Crippen LogP contribution in [0.15, 0.2) is 29.2 Å². The first-order chi connectivity index (χ1) is 15.7. The van der Waals surface area contributed by atoms with Gasteiger partial charge in [-0.1, -0.05) is 31.4 Å². The van der Waals surface area contributed by atoms with Crippen molar-refractivity contribution in [3.63, 3.8) is 0 Å². The van der Waals surface area contributed by atoms with E-state index in [4.69, 9.17) is 21.5 Å². The molecule has 1 aromatic rings. The van der Waals surface area contributed by atoms with E-state index in [9.17, 15) is 30.0 Å². The van der Waals surface area contributed by atoms with Crippen molar-refractivity contribution in [2.45, 2.75) is 37.3 Å². The molecule has 0 unspecified atom stereocenters. The molecule has 0 saturated carbocycles. The normalized spacial score (nSPS) is 15.6. The molecule has 34 heavy (non-hydrogen) atoms. The van der Waals surface area contributed by atoms with Crippen LogP contribution in [-0.4, -0.2) is 87.7 Å². The molecule has 1 aromatic carbocycles. The van der Waals surface area contributed by atoms with Gasteiger partial charge in [-0.05, 0) is 30.7 Å². The van der Waals surface area contributed by atoms with Gasteiger partial charge in [0.2, 0.25) is 20.0 Å². The number of nitrogens with one attached hydrogen (secondary N) is 1. The monoisotopic (exact) mass is 551 g/mol. The van der Waals surface area contributed by atoms with E-state index >= 15 is 0 Å². The molecule has 0 spiro atoms. The Hall–Kier alpha value is -1.45. The minimum atomic E-state index is -5.08. The largest absolute Gasteiger partial charge is 0.490 e. The first-order valence-electron chi connectivity index (χ1n) is 10.5. The lowest BCUT2D eigenvalue weighted by Gasteiger charge is -2.28. The summed E-state index contributed by atoms with van der Waals surface area (Å²) in [5, 5.41) is 10.7. The molecule has 0 aliphatic carbocycles. The summed E-state index contributed by atoms with van der Waals surface area (Å²) >= 11 is 5.85. The summed E-state index contributed by atoms with van der Waals surface area (Å²) in [5.41, 5.74) is 0. The molecule has 15 heteroatoms. The lowest BCUT2D eigenvalue weighted by atomic mass is 10.2. The molecule has 1 heterocycles. The Labute approximate surface area is 203 Å². The number of carboxylic acids is 1. The van der Waals surface area contributed by atoms with Crippen LogP contribution in [0.3, 0.4) is 0 Å². The summed E-state index contributed by atoms with van der Waals surface area (Å²) in [7, 11) is -7.26. The average molecular weight is 552 g/mol. The number of halogens is 4. The molecule has 0 bridgehead atoms. The highest BCUT2D eigenvalue weighted by atomic mass is 35.5. The Balaban J connectivity index is 0.000000718. The van der Waals surface area contributed by atoms with E-state index in [1.54, 1.807) is 0 Å². The van der Waals surface area contributed by atoms with Crippen molar-refractivity contribution in [1.82, 2.24) is 13.9 Å². The average Bonchev–Trinajstić information content (AvgIpc) is 2.76. The number of benzene rings is 1. The van der Waals surface area contributed by atoms with Crippen LogP contribution in [0.25, 0.3) is 0 Å². The van der Waals surface area contributed by atoms with Gasteiger partial charge >= 0.3 is 12.1 Å². The molecule has 2 rings (SSSR count). The number of carbonyl (C=O) groups is 1. The van der Waals surface area contributed by atoms with Crippen LogP contribution >= 0.6 is 11.6 Å². The number of hydrogen-bond donors (Lipinski definition) is 2. The first-order valence-corrected chi connectivity index (χ1v) is 13.9. The molecule has 1 fully saturated rings. The number of alkyl halides is 3. The molecule has 0 radical (unpaired) electrons. The van der Waals surface area contributed by atoms with Crippen LogP contribution in [0.1, 0.15) is 26.2 Å². The second-order valence-corrected chi connectivity index (χ2v) is 11.8. The Morgan fingerprint density at radius 2 is 1.62 bits per heavy atom. The van der Waals surface area contributed by atoms with Crippen molar-refractivity contribution in [3.05, 3.63) is 29.3 Å². The van der Waals surface area contributed by atoms with Gasteiger partial charge in [-0.3, -0.25) is 0 Å². The molecule has 0 atom stereocenters. The topological polar surface area (TPSA) is 124 Å². The maximum absolute atomic E-state index is 13.0. The maximum Gasteiger partial charge on any atom is 0.490 e. The molecule has 1 aliphatic rings. The van der Waals surface area contributed by atoms with Gasteiger partial charge in [-0.15, -0.1) is 0 Å². The van der Waals surface area contributed by atoms with Crippen LogP contribution < -0.4 is 5.32 Å². The van der Waals surface area contributed by atoms with Crippen LogP contribution in [0, 0.1) is 0 Å². The van der Waals surface area contributed by atoms with Gasteiger partial charge < -0.3 is 10.4 Å². The van der Waals surface area contributed by atoms with Crippen molar-refractivity contribution in [2.24, 2.45) is 0 Å². The molecule has 2 N–H and O–H groups in total. The van der Waals surface area contributed by atoms with E-state index in [-0.39, 0.29) is 17.2 Å². The predicted octanol–water partition coefficient (Wildman–Crippen LogP) is 2.39. The van der Waals surface area contributed by atoms with E-state index in [1.807, 2.05) is 6.92 Å². The van der Waals surface area contributed by atoms with Crippen LogP contribution in [0.2, 0.25) is 5.02 Å². The van der Waals surface area contributed by atoms with Crippen molar-refractivity contribution < 1.29 is 39.9 Å². The third kappa shape index (κ3) is 10.0. The molecule has 9 nitrogen and oxygen atoms in total. The lowest BCUT2D eigenvalue weighted by Crippen LogP contribution is -2.48. The molecule has 1 saturated heterocycles. The smallest absolute Gasteiger partial charge is 0.475 e. The standard InChI is InChI=1S/C17H28ClN3O4S2.C2HF3O2/c1-2-3-4-11-21(27(24,25)17-7-5-16(18)6-8-17)14-15-26(22,23)20-12-9-19-10-13-20;3-2(4,5)1(6)7/h5-8,19H,2-4,9-15H2,1H3;(H,6,7). The Morgan fingerprint density at radius 3 is 2.09 bits per heavy atom. The minimum absolute atomic E-state index is 0.0546. The van der Waals surface area contributed by atoms with Crippen molar-refractivity contribution in [2.75, 3.05) is 45.0 Å². The number of aliphatic carboxylic acids is 1. The fourth-order valence-corrected chi connectivity index (χ4v) is 6.08. The number of nitrogens with zero attached hydrogens (tertiary/aromatic N) is 2. The fraction of sp³-hybridized carbons (Fsp3) is 0.632. The number of piperazine rings is 1. The summed E-state index contributed by atoms with van der Waals surface area (Å²) in [6.07, 6.45) is -2.55. The Bertz CT molecular complexity index is 984. The molecule has 0 aromatic heterocycles. The number of hydrogen-bond acceptors (Lipinski definition) is 6. The second kappa shape index (κ2) is 13.6. The summed E-state index contributed by atoms with van der Waals surface area (Å²) in [6, 6.07) is 5.96. The maximum atomic E-state index is 13.0. The Kier molecular flexibility index (Phi) is 12.2. The summed E-state index contributed by atoms with van der Waals surface area (Å²) in [5.74, 6) is -2.97. The molecular weight excluding hydrogens is 523 g/mol. The van der Waals surface area contributed by atoms with Crippen molar-refractivity contribution in [3.8, 4) is 0 Å². The van der Waals surface area contributed by atoms with Gasteiger partial charge in [-0.2, -0.15) is 21.8 Å². The zero-order valence-electron chi connectivity index (χ0n) is 18.6. The highest BCUT2D eigenvalue weighted by Gasteiger charge is 2.38. The second-order valence-electron chi connectivity index (χ2n) is 7.33. The van der Waals surface area contributed by atoms with Gasteiger partial charge in [-0.25, -0.2) is 21.6 Å². The highest BCUT2D eigenvalue weighted by Crippen LogP contribution is 2.20. The van der Waals surface area contributed by atoms with E-state index in [1.165, 1.54) is 32.9 Å². The summed E-state index contributed by atoms with van der Waals surface area (Å²) in [4.78, 5) is 9.02. The van der Waals surface area contributed by atoms with Crippen LogP contribution in [-0.2, 0) is 24.8 Å². The number of rotatable bonds is 10.